The molecule has 23 heavy (non-hydrogen) atoms. The Morgan fingerprint density at radius 3 is 2.87 bits per heavy atom. The van der Waals surface area contributed by atoms with Crippen molar-refractivity contribution in [2.45, 2.75) is 37.8 Å². The van der Waals surface area contributed by atoms with Crippen LogP contribution in [0, 0.1) is 0 Å². The highest BCUT2D eigenvalue weighted by molar-refractivity contribution is 6.30. The molecule has 1 aromatic carbocycles. The molecule has 2 heterocycles. The number of nitrogen functional groups attached to an aromatic ring is 1. The topological polar surface area (TPSA) is 72.6 Å². The van der Waals surface area contributed by atoms with Gasteiger partial charge in [-0.3, -0.25) is 4.79 Å². The lowest BCUT2D eigenvalue weighted by molar-refractivity contribution is -0.150. The average molecular weight is 335 g/mol. The molecule has 122 valence electrons. The van der Waals surface area contributed by atoms with Crippen LogP contribution in [-0.4, -0.2) is 36.0 Å². The van der Waals surface area contributed by atoms with E-state index in [2.05, 4.69) is 0 Å². The highest BCUT2D eigenvalue weighted by Crippen LogP contribution is 2.36. The van der Waals surface area contributed by atoms with Crippen molar-refractivity contribution >= 4 is 34.7 Å². The Bertz CT molecular complexity index is 686. The Balaban J connectivity index is 1.94. The number of hydrogen-bond donors (Lipinski definition) is 1. The maximum Gasteiger partial charge on any atom is 0.328 e. The Labute approximate surface area is 140 Å². The van der Waals surface area contributed by atoms with Crippen LogP contribution in [0.3, 0.4) is 0 Å². The first-order valence-electron chi connectivity index (χ1n) is 7.67. The van der Waals surface area contributed by atoms with Crippen LogP contribution in [0.15, 0.2) is 24.3 Å². The predicted molar refractivity (Wildman–Crippen MR) is 88.7 cm³/mol. The van der Waals surface area contributed by atoms with Crippen LogP contribution in [0.2, 0.25) is 5.02 Å². The molecule has 3 rings (SSSR count). The lowest BCUT2D eigenvalue weighted by atomic mass is 9.97. The van der Waals surface area contributed by atoms with Crippen molar-refractivity contribution in [2.24, 2.45) is 0 Å². The number of nitrogens with two attached hydrogens (primary N) is 1. The third-order valence-corrected chi connectivity index (χ3v) is 4.87. The second kappa shape index (κ2) is 6.24. The number of ether oxygens (including phenoxy) is 1. The third-order valence-electron chi connectivity index (χ3n) is 4.64. The first-order chi connectivity index (χ1) is 11.0. The van der Waals surface area contributed by atoms with E-state index in [9.17, 15) is 9.59 Å². The van der Waals surface area contributed by atoms with Crippen molar-refractivity contribution in [3.05, 3.63) is 34.9 Å². The molecular weight excluding hydrogens is 316 g/mol. The van der Waals surface area contributed by atoms with Gasteiger partial charge in [-0.2, -0.15) is 0 Å². The van der Waals surface area contributed by atoms with Crippen LogP contribution in [0.25, 0.3) is 5.57 Å². The number of fused-ring (bicyclic) bond motifs is 1. The average Bonchev–Trinajstić information content (AvgIpc) is 2.90. The molecule has 1 unspecified atom stereocenters. The number of hydrogen-bond acceptors (Lipinski definition) is 4. The number of esters is 1. The molecule has 2 N–H and O–H groups in total. The number of nitrogens with zero attached hydrogens (tertiary/aromatic N) is 1. The van der Waals surface area contributed by atoms with E-state index in [1.165, 1.54) is 7.11 Å². The van der Waals surface area contributed by atoms with Crippen molar-refractivity contribution in [1.29, 1.82) is 0 Å². The van der Waals surface area contributed by atoms with E-state index < -0.39 is 6.04 Å². The van der Waals surface area contributed by atoms with Gasteiger partial charge < -0.3 is 15.4 Å². The number of benzene rings is 1. The fraction of sp³-hybridized carbons (Fsp3) is 0.412. The fourth-order valence-electron chi connectivity index (χ4n) is 3.50. The van der Waals surface area contributed by atoms with E-state index in [0.717, 1.165) is 30.4 Å². The summed E-state index contributed by atoms with van der Waals surface area (Å²) >= 11 is 6.05. The Morgan fingerprint density at radius 1 is 1.35 bits per heavy atom. The number of halogens is 1. The summed E-state index contributed by atoms with van der Waals surface area (Å²) in [5, 5.41) is 0.583. The van der Waals surface area contributed by atoms with Gasteiger partial charge >= 0.3 is 5.97 Å². The van der Waals surface area contributed by atoms with Crippen LogP contribution >= 0.6 is 11.6 Å². The minimum atomic E-state index is -0.482. The molecule has 2 atom stereocenters. The summed E-state index contributed by atoms with van der Waals surface area (Å²) in [5.74, 6) is -0.505. The van der Waals surface area contributed by atoms with Crippen LogP contribution in [0.1, 0.15) is 31.2 Å². The lowest BCUT2D eigenvalue weighted by Gasteiger charge is -2.26. The second-order valence-electron chi connectivity index (χ2n) is 5.96. The van der Waals surface area contributed by atoms with Crippen molar-refractivity contribution in [1.82, 2.24) is 4.90 Å². The van der Waals surface area contributed by atoms with Gasteiger partial charge in [0.25, 0.3) is 0 Å². The lowest BCUT2D eigenvalue weighted by Crippen LogP contribution is -2.44. The molecule has 1 saturated heterocycles. The molecule has 5 nitrogen and oxygen atoms in total. The van der Waals surface area contributed by atoms with Gasteiger partial charge in [-0.25, -0.2) is 4.79 Å². The van der Waals surface area contributed by atoms with E-state index in [1.807, 2.05) is 0 Å². The molecule has 0 radical (unpaired) electrons. The maximum absolute atomic E-state index is 12.7. The molecule has 0 spiro atoms. The largest absolute Gasteiger partial charge is 0.467 e. The van der Waals surface area contributed by atoms with E-state index in [1.54, 1.807) is 29.2 Å². The molecule has 2 aliphatic heterocycles. The summed E-state index contributed by atoms with van der Waals surface area (Å²) < 4.78 is 4.83. The van der Waals surface area contributed by atoms with Crippen LogP contribution < -0.4 is 5.73 Å². The molecule has 0 bridgehead atoms. The molecule has 0 aromatic heterocycles. The molecule has 1 aromatic rings. The SMILES string of the molecule is COC(=O)[C@@H]1CCC2CCC(c3cc(Cl)ccc3N)=CC(=O)N21. The summed E-state index contributed by atoms with van der Waals surface area (Å²) in [6, 6.07) is 4.84. The summed E-state index contributed by atoms with van der Waals surface area (Å²) in [6.45, 7) is 0. The second-order valence-corrected chi connectivity index (χ2v) is 6.39. The van der Waals surface area contributed by atoms with Gasteiger partial charge in [-0.15, -0.1) is 0 Å². The smallest absolute Gasteiger partial charge is 0.328 e. The van der Waals surface area contributed by atoms with Crippen molar-refractivity contribution < 1.29 is 14.3 Å². The zero-order valence-electron chi connectivity index (χ0n) is 12.9. The van der Waals surface area contributed by atoms with Gasteiger partial charge in [0.2, 0.25) is 5.91 Å². The van der Waals surface area contributed by atoms with Gasteiger partial charge in [0.1, 0.15) is 6.04 Å². The minimum absolute atomic E-state index is 0.0701. The summed E-state index contributed by atoms with van der Waals surface area (Å²) in [5.41, 5.74) is 8.29. The molecule has 2 aliphatic rings. The van der Waals surface area contributed by atoms with Crippen LogP contribution in [0.5, 0.6) is 0 Å². The number of amides is 1. The number of anilines is 1. The normalized spacial score (nSPS) is 24.0. The fourth-order valence-corrected chi connectivity index (χ4v) is 3.68. The van der Waals surface area contributed by atoms with Crippen molar-refractivity contribution in [3.8, 4) is 0 Å². The van der Waals surface area contributed by atoms with Gasteiger partial charge in [-0.05, 0) is 49.5 Å². The molecule has 0 saturated carbocycles. The number of methoxy groups -OCH3 is 1. The molecule has 6 heteroatoms. The summed E-state index contributed by atoms with van der Waals surface area (Å²) in [4.78, 5) is 26.2. The van der Waals surface area contributed by atoms with Crippen molar-refractivity contribution in [3.63, 3.8) is 0 Å². The van der Waals surface area contributed by atoms with E-state index in [4.69, 9.17) is 22.1 Å². The number of rotatable bonds is 2. The quantitative estimate of drug-likeness (QED) is 0.666. The molecule has 1 fully saturated rings. The predicted octanol–water partition coefficient (Wildman–Crippen LogP) is 2.63. The first kappa shape index (κ1) is 15.9. The Morgan fingerprint density at radius 2 is 2.13 bits per heavy atom. The van der Waals surface area contributed by atoms with Crippen LogP contribution in [-0.2, 0) is 14.3 Å². The zero-order chi connectivity index (χ0) is 16.6. The van der Waals surface area contributed by atoms with Gasteiger partial charge in [0.15, 0.2) is 0 Å². The monoisotopic (exact) mass is 334 g/mol. The number of carbonyl (C=O) groups is 2. The maximum atomic E-state index is 12.7. The highest BCUT2D eigenvalue weighted by atomic mass is 35.5. The highest BCUT2D eigenvalue weighted by Gasteiger charge is 2.41. The number of allylic oxidation sites excluding steroid dienone is 1. The van der Waals surface area contributed by atoms with Gasteiger partial charge in [0, 0.05) is 28.4 Å². The van der Waals surface area contributed by atoms with E-state index in [-0.39, 0.29) is 17.9 Å². The summed E-state index contributed by atoms with van der Waals surface area (Å²) in [7, 11) is 1.35. The molecular formula is C17H19ClN2O3. The third kappa shape index (κ3) is 2.93. The van der Waals surface area contributed by atoms with Gasteiger partial charge in [0.05, 0.1) is 7.11 Å². The standard InChI is InChI=1S/C17H19ClN2O3/c1-23-17(22)15-7-5-12-4-2-10(8-16(21)20(12)15)13-9-11(18)3-6-14(13)19/h3,6,8-9,12,15H,2,4-5,7,19H2,1H3/t12?,15-/m0/s1. The Hall–Kier alpha value is -2.01. The minimum Gasteiger partial charge on any atom is -0.467 e. The van der Waals surface area contributed by atoms with Gasteiger partial charge in [-0.1, -0.05) is 11.6 Å². The van der Waals surface area contributed by atoms with Crippen LogP contribution in [0.4, 0.5) is 5.69 Å². The molecule has 0 aliphatic carbocycles. The molecule has 1 amide bonds. The zero-order valence-corrected chi connectivity index (χ0v) is 13.7. The first-order valence-corrected chi connectivity index (χ1v) is 8.05. The Kier molecular flexibility index (Phi) is 4.31. The van der Waals surface area contributed by atoms with E-state index in [0.29, 0.717) is 17.1 Å². The summed E-state index contributed by atoms with van der Waals surface area (Å²) in [6.07, 6.45) is 4.59. The van der Waals surface area contributed by atoms with Crippen molar-refractivity contribution in [2.75, 3.05) is 12.8 Å². The van der Waals surface area contributed by atoms with E-state index >= 15 is 0 Å². The number of carbonyl (C=O) groups excluding carboxylic acids is 2.